The van der Waals surface area contributed by atoms with Crippen LogP contribution in [0.4, 0.5) is 0 Å². The summed E-state index contributed by atoms with van der Waals surface area (Å²) < 4.78 is 37.4. The number of hydrogen-bond donors (Lipinski definition) is 0. The molecule has 0 aromatic heterocycles. The van der Waals surface area contributed by atoms with Gasteiger partial charge in [-0.25, -0.2) is 13.2 Å². The van der Waals surface area contributed by atoms with Crippen LogP contribution in [-0.2, 0) is 14.8 Å². The van der Waals surface area contributed by atoms with E-state index in [4.69, 9.17) is 9.47 Å². The van der Waals surface area contributed by atoms with Crippen LogP contribution in [0.1, 0.15) is 12.8 Å². The molecule has 0 unspecified atom stereocenters. The van der Waals surface area contributed by atoms with Gasteiger partial charge < -0.3 is 9.47 Å². The van der Waals surface area contributed by atoms with Crippen molar-refractivity contribution in [1.82, 2.24) is 4.31 Å². The second-order valence-corrected chi connectivity index (χ2v) is 7.57. The number of sulfonamides is 1. The predicted molar refractivity (Wildman–Crippen MR) is 92.0 cm³/mol. The molecule has 132 valence electrons. The number of esters is 1. The van der Waals surface area contributed by atoms with Crippen molar-refractivity contribution in [2.45, 2.75) is 23.8 Å². The topological polar surface area (TPSA) is 72.9 Å². The normalized spacial score (nSPS) is 18.0. The van der Waals surface area contributed by atoms with Crippen molar-refractivity contribution in [1.29, 1.82) is 0 Å². The number of carbonyl (C=O) groups excluding carboxylic acids is 1. The standard InChI is InChI=1S/C18H19NO5S/c1-23-14-9-11-16(12-10-14)25(21,22)19-13-5-8-17(19)18(20)24-15-6-3-2-4-7-15/h2-4,6-7,9-12,17H,5,8,13H2,1H3/t17-/m0/s1. The molecule has 25 heavy (non-hydrogen) atoms. The Bertz CT molecular complexity index is 834. The van der Waals surface area contributed by atoms with Crippen LogP contribution in [0.15, 0.2) is 59.5 Å². The van der Waals surface area contributed by atoms with E-state index in [1.54, 1.807) is 36.4 Å². The van der Waals surface area contributed by atoms with Gasteiger partial charge in [-0.05, 0) is 49.2 Å². The average molecular weight is 361 g/mol. The lowest BCUT2D eigenvalue weighted by Crippen LogP contribution is -2.42. The molecule has 2 aromatic carbocycles. The zero-order valence-corrected chi connectivity index (χ0v) is 14.6. The van der Waals surface area contributed by atoms with Crippen molar-refractivity contribution in [3.05, 3.63) is 54.6 Å². The maximum atomic E-state index is 12.9. The lowest BCUT2D eigenvalue weighted by molar-refractivity contribution is -0.137. The minimum absolute atomic E-state index is 0.132. The minimum atomic E-state index is -3.77. The minimum Gasteiger partial charge on any atom is -0.497 e. The van der Waals surface area contributed by atoms with Crippen LogP contribution in [-0.4, -0.2) is 38.4 Å². The zero-order chi connectivity index (χ0) is 17.9. The van der Waals surface area contributed by atoms with Gasteiger partial charge in [-0.3, -0.25) is 0 Å². The van der Waals surface area contributed by atoms with Crippen LogP contribution < -0.4 is 9.47 Å². The van der Waals surface area contributed by atoms with Crippen LogP contribution in [0, 0.1) is 0 Å². The maximum absolute atomic E-state index is 12.9. The highest BCUT2D eigenvalue weighted by atomic mass is 32.2. The summed E-state index contributed by atoms with van der Waals surface area (Å²) in [6.07, 6.45) is 1.06. The molecule has 0 saturated carbocycles. The van der Waals surface area contributed by atoms with Gasteiger partial charge >= 0.3 is 5.97 Å². The van der Waals surface area contributed by atoms with Gasteiger partial charge in [0.05, 0.1) is 12.0 Å². The number of hydrogen-bond acceptors (Lipinski definition) is 5. The molecule has 1 saturated heterocycles. The molecule has 0 amide bonds. The Morgan fingerprint density at radius 1 is 1.04 bits per heavy atom. The fourth-order valence-corrected chi connectivity index (χ4v) is 4.47. The van der Waals surface area contributed by atoms with Gasteiger partial charge in [-0.15, -0.1) is 0 Å². The molecule has 1 heterocycles. The molecule has 1 aliphatic rings. The van der Waals surface area contributed by atoms with Crippen molar-refractivity contribution in [3.8, 4) is 11.5 Å². The van der Waals surface area contributed by atoms with Crippen molar-refractivity contribution >= 4 is 16.0 Å². The molecule has 3 rings (SSSR count). The van der Waals surface area contributed by atoms with E-state index in [0.717, 1.165) is 0 Å². The first-order chi connectivity index (χ1) is 12.0. The molecule has 1 fully saturated rings. The highest BCUT2D eigenvalue weighted by Crippen LogP contribution is 2.28. The van der Waals surface area contributed by atoms with Crippen LogP contribution in [0.2, 0.25) is 0 Å². The van der Waals surface area contributed by atoms with E-state index in [9.17, 15) is 13.2 Å². The molecule has 1 atom stereocenters. The number of rotatable bonds is 5. The Kier molecular flexibility index (Phi) is 5.06. The first-order valence-electron chi connectivity index (χ1n) is 7.95. The monoisotopic (exact) mass is 361 g/mol. The number of para-hydroxylation sites is 1. The molecule has 0 radical (unpaired) electrons. The SMILES string of the molecule is COc1ccc(S(=O)(=O)N2CCC[C@H]2C(=O)Oc2ccccc2)cc1. The number of methoxy groups -OCH3 is 1. The van der Waals surface area contributed by atoms with E-state index in [1.807, 2.05) is 6.07 Å². The fourth-order valence-electron chi connectivity index (χ4n) is 2.82. The summed E-state index contributed by atoms with van der Waals surface area (Å²) in [4.78, 5) is 12.6. The summed E-state index contributed by atoms with van der Waals surface area (Å²) in [5, 5.41) is 0. The van der Waals surface area contributed by atoms with Crippen molar-refractivity contribution in [2.75, 3.05) is 13.7 Å². The van der Waals surface area contributed by atoms with E-state index >= 15 is 0 Å². The summed E-state index contributed by atoms with van der Waals surface area (Å²) in [5.74, 6) is 0.419. The largest absolute Gasteiger partial charge is 0.497 e. The summed E-state index contributed by atoms with van der Waals surface area (Å²) in [5.41, 5.74) is 0. The first kappa shape index (κ1) is 17.4. The Balaban J connectivity index is 1.81. The van der Waals surface area contributed by atoms with Crippen molar-refractivity contribution < 1.29 is 22.7 Å². The number of benzene rings is 2. The highest BCUT2D eigenvalue weighted by molar-refractivity contribution is 7.89. The predicted octanol–water partition coefficient (Wildman–Crippen LogP) is 2.45. The summed E-state index contributed by atoms with van der Waals surface area (Å²) in [7, 11) is -2.26. The molecule has 0 bridgehead atoms. The second kappa shape index (κ2) is 7.25. The Hall–Kier alpha value is -2.38. The molecule has 7 heteroatoms. The molecule has 0 aliphatic carbocycles. The third kappa shape index (κ3) is 3.67. The van der Waals surface area contributed by atoms with Gasteiger partial charge in [0.25, 0.3) is 0 Å². The molecular formula is C18H19NO5S. The average Bonchev–Trinajstić information content (AvgIpc) is 3.13. The van der Waals surface area contributed by atoms with Gasteiger partial charge in [0.2, 0.25) is 10.0 Å². The first-order valence-corrected chi connectivity index (χ1v) is 9.39. The van der Waals surface area contributed by atoms with E-state index in [0.29, 0.717) is 30.9 Å². The van der Waals surface area contributed by atoms with E-state index < -0.39 is 22.0 Å². The maximum Gasteiger partial charge on any atom is 0.329 e. The van der Waals surface area contributed by atoms with Gasteiger partial charge in [-0.2, -0.15) is 4.31 Å². The van der Waals surface area contributed by atoms with E-state index in [1.165, 1.54) is 23.5 Å². The van der Waals surface area contributed by atoms with Gasteiger partial charge in [-0.1, -0.05) is 18.2 Å². The molecule has 6 nitrogen and oxygen atoms in total. The van der Waals surface area contributed by atoms with Crippen molar-refractivity contribution in [2.24, 2.45) is 0 Å². The summed E-state index contributed by atoms with van der Waals surface area (Å²) >= 11 is 0. The molecule has 0 spiro atoms. The van der Waals surface area contributed by atoms with Gasteiger partial charge in [0.1, 0.15) is 17.5 Å². The molecule has 0 N–H and O–H groups in total. The van der Waals surface area contributed by atoms with E-state index in [2.05, 4.69) is 0 Å². The number of ether oxygens (including phenoxy) is 2. The quantitative estimate of drug-likeness (QED) is 0.604. The Morgan fingerprint density at radius 2 is 1.72 bits per heavy atom. The third-order valence-corrected chi connectivity index (χ3v) is 6.03. The molecule has 1 aliphatic heterocycles. The third-order valence-electron chi connectivity index (χ3n) is 4.10. The summed E-state index contributed by atoms with van der Waals surface area (Å²) in [6, 6.07) is 14.0. The molecular weight excluding hydrogens is 342 g/mol. The molecule has 2 aromatic rings. The van der Waals surface area contributed by atoms with Crippen molar-refractivity contribution in [3.63, 3.8) is 0 Å². The smallest absolute Gasteiger partial charge is 0.329 e. The van der Waals surface area contributed by atoms with Crippen LogP contribution in [0.25, 0.3) is 0 Å². The highest BCUT2D eigenvalue weighted by Gasteiger charge is 2.40. The Labute approximate surface area is 147 Å². The lowest BCUT2D eigenvalue weighted by atomic mass is 10.2. The van der Waals surface area contributed by atoms with Gasteiger partial charge in [0.15, 0.2) is 0 Å². The number of nitrogens with zero attached hydrogens (tertiary/aromatic N) is 1. The zero-order valence-electron chi connectivity index (χ0n) is 13.8. The lowest BCUT2D eigenvalue weighted by Gasteiger charge is -2.22. The Morgan fingerprint density at radius 3 is 2.36 bits per heavy atom. The van der Waals surface area contributed by atoms with E-state index in [-0.39, 0.29) is 4.90 Å². The number of carbonyl (C=O) groups is 1. The summed E-state index contributed by atoms with van der Waals surface area (Å²) in [6.45, 7) is 0.295. The van der Waals surface area contributed by atoms with Crippen LogP contribution >= 0.6 is 0 Å². The van der Waals surface area contributed by atoms with Crippen LogP contribution in [0.5, 0.6) is 11.5 Å². The fraction of sp³-hybridized carbons (Fsp3) is 0.278. The van der Waals surface area contributed by atoms with Gasteiger partial charge in [0, 0.05) is 6.54 Å². The van der Waals surface area contributed by atoms with Crippen LogP contribution in [0.3, 0.4) is 0 Å². The second-order valence-electron chi connectivity index (χ2n) is 5.68.